The molecule has 0 aromatic heterocycles. The number of halogens is 2. The van der Waals surface area contributed by atoms with Gasteiger partial charge in [0.1, 0.15) is 0 Å². The van der Waals surface area contributed by atoms with Gasteiger partial charge in [-0.2, -0.15) is 0 Å². The molecule has 1 aliphatic rings. The topological polar surface area (TPSA) is 0 Å². The summed E-state index contributed by atoms with van der Waals surface area (Å²) in [4.78, 5) is 0. The SMILES string of the molecule is C[C](C)=[Ti][C]1=CC=CC1.Cl.Cl. The average molecular weight is 228 g/mol. The fraction of sp³-hybridized carbons (Fsp3) is 0.375. The Hall–Kier alpha value is 0.644. The van der Waals surface area contributed by atoms with Crippen molar-refractivity contribution < 1.29 is 18.7 Å². The minimum atomic E-state index is 0. The molecule has 0 bridgehead atoms. The van der Waals surface area contributed by atoms with E-state index in [0.29, 0.717) is 0 Å². The van der Waals surface area contributed by atoms with Crippen molar-refractivity contribution in [1.82, 2.24) is 0 Å². The van der Waals surface area contributed by atoms with Gasteiger partial charge >= 0.3 is 64.9 Å². The molecule has 3 heteroatoms. The van der Waals surface area contributed by atoms with Crippen molar-refractivity contribution in [2.24, 2.45) is 0 Å². The molecule has 0 aromatic rings. The van der Waals surface area contributed by atoms with Crippen LogP contribution in [0.15, 0.2) is 22.1 Å². The van der Waals surface area contributed by atoms with Gasteiger partial charge in [0, 0.05) is 0 Å². The summed E-state index contributed by atoms with van der Waals surface area (Å²) in [5.74, 6) is 0. The van der Waals surface area contributed by atoms with Gasteiger partial charge in [-0.05, 0) is 0 Å². The summed E-state index contributed by atoms with van der Waals surface area (Å²) in [5.41, 5.74) is 0. The third-order valence-corrected chi connectivity index (χ3v) is 3.04. The molecule has 0 radical (unpaired) electrons. The van der Waals surface area contributed by atoms with Crippen molar-refractivity contribution in [2.45, 2.75) is 20.3 Å². The number of allylic oxidation sites excluding steroid dienone is 4. The Morgan fingerprint density at radius 3 is 2.36 bits per heavy atom. The minimum absolute atomic E-state index is 0. The van der Waals surface area contributed by atoms with E-state index in [9.17, 15) is 0 Å². The molecule has 0 aromatic carbocycles. The molecule has 0 atom stereocenters. The van der Waals surface area contributed by atoms with Crippen LogP contribution in [0.4, 0.5) is 0 Å². The first-order chi connectivity index (χ1) is 4.29. The maximum atomic E-state index is 2.27. The van der Waals surface area contributed by atoms with E-state index in [1.165, 1.54) is 6.42 Å². The molecule has 63 valence electrons. The first-order valence-corrected chi connectivity index (χ1v) is 4.78. The molecule has 0 aliphatic heterocycles. The maximum absolute atomic E-state index is 2.27. The molecule has 1 aliphatic carbocycles. The zero-order valence-corrected chi connectivity index (χ0v) is 9.95. The van der Waals surface area contributed by atoms with E-state index in [-0.39, 0.29) is 43.5 Å². The molecule has 0 heterocycles. The smallest absolute Gasteiger partial charge is 0.147 e. The van der Waals surface area contributed by atoms with E-state index in [0.717, 1.165) is 0 Å². The first kappa shape index (κ1) is 14.2. The van der Waals surface area contributed by atoms with Gasteiger partial charge in [0.15, 0.2) is 0 Å². The molecule has 0 N–H and O–H groups in total. The molecule has 0 fully saturated rings. The summed E-state index contributed by atoms with van der Waals surface area (Å²) in [5, 5.41) is 0. The maximum Gasteiger partial charge on any atom is -0.147 e. The Morgan fingerprint density at radius 1 is 1.36 bits per heavy atom. The largest absolute Gasteiger partial charge is 0.147 e. The van der Waals surface area contributed by atoms with Crippen molar-refractivity contribution in [3.05, 3.63) is 22.1 Å². The fourth-order valence-corrected chi connectivity index (χ4v) is 2.49. The zero-order chi connectivity index (χ0) is 6.69. The summed E-state index contributed by atoms with van der Waals surface area (Å²) >= 11 is 0.153. The van der Waals surface area contributed by atoms with E-state index < -0.39 is 0 Å². The van der Waals surface area contributed by atoms with Gasteiger partial charge in [-0.25, -0.2) is 0 Å². The first-order valence-electron chi connectivity index (χ1n) is 3.22. The second-order valence-electron chi connectivity index (χ2n) is 2.45. The fourth-order valence-electron chi connectivity index (χ4n) is 0.861. The van der Waals surface area contributed by atoms with Gasteiger partial charge in [-0.15, -0.1) is 24.8 Å². The molecule has 0 spiro atoms. The average Bonchev–Trinajstić information content (AvgIpc) is 2.15. The van der Waals surface area contributed by atoms with E-state index in [4.69, 9.17) is 0 Å². The Bertz CT molecular complexity index is 188. The van der Waals surface area contributed by atoms with E-state index in [2.05, 4.69) is 32.1 Å². The van der Waals surface area contributed by atoms with Crippen LogP contribution in [0.1, 0.15) is 20.3 Å². The minimum Gasteiger partial charge on any atom is -0.147 e. The van der Waals surface area contributed by atoms with Crippen molar-refractivity contribution in [1.29, 1.82) is 0 Å². The van der Waals surface area contributed by atoms with E-state index in [1.807, 2.05) is 0 Å². The van der Waals surface area contributed by atoms with Crippen molar-refractivity contribution >= 4 is 28.6 Å². The second kappa shape index (κ2) is 7.30. The molecule has 0 unspecified atom stereocenters. The van der Waals surface area contributed by atoms with Crippen LogP contribution >= 0.6 is 24.8 Å². The van der Waals surface area contributed by atoms with Crippen LogP contribution in [-0.2, 0) is 18.7 Å². The quantitative estimate of drug-likeness (QED) is 0.605. The second-order valence-corrected chi connectivity index (χ2v) is 5.40. The Kier molecular flexibility index (Phi) is 9.42. The van der Waals surface area contributed by atoms with Gasteiger partial charge in [0.05, 0.1) is 0 Å². The van der Waals surface area contributed by atoms with Crippen LogP contribution < -0.4 is 0 Å². The normalized spacial score (nSPS) is 12.4. The molecular formula is C8H13Cl2Ti. The van der Waals surface area contributed by atoms with Gasteiger partial charge in [0.25, 0.3) is 0 Å². The Labute approximate surface area is 89.4 Å². The number of hydrogen-bond acceptors (Lipinski definition) is 0. The summed E-state index contributed by atoms with van der Waals surface area (Å²) < 4.78 is 3.31. The van der Waals surface area contributed by atoms with Crippen LogP contribution in [0, 0.1) is 0 Å². The van der Waals surface area contributed by atoms with Gasteiger partial charge in [-0.3, -0.25) is 0 Å². The third-order valence-electron chi connectivity index (χ3n) is 1.18. The predicted octanol–water partition coefficient (Wildman–Crippen LogP) is 2.97. The summed E-state index contributed by atoms with van der Waals surface area (Å²) in [6.45, 7) is 4.47. The monoisotopic (exact) mass is 227 g/mol. The molecule has 0 saturated carbocycles. The molecule has 0 nitrogen and oxygen atoms in total. The van der Waals surface area contributed by atoms with Gasteiger partial charge in [0.2, 0.25) is 0 Å². The van der Waals surface area contributed by atoms with Crippen molar-refractivity contribution in [2.75, 3.05) is 0 Å². The van der Waals surface area contributed by atoms with E-state index >= 15 is 0 Å². The van der Waals surface area contributed by atoms with Crippen LogP contribution in [0.3, 0.4) is 0 Å². The number of rotatable bonds is 1. The zero-order valence-electron chi connectivity index (χ0n) is 6.76. The summed E-state index contributed by atoms with van der Waals surface area (Å²) in [6, 6.07) is 0. The van der Waals surface area contributed by atoms with Crippen molar-refractivity contribution in [3.8, 4) is 0 Å². The molecule has 1 rings (SSSR count). The van der Waals surface area contributed by atoms with Crippen LogP contribution in [0.5, 0.6) is 0 Å². The van der Waals surface area contributed by atoms with Crippen LogP contribution in [0.25, 0.3) is 0 Å². The summed E-state index contributed by atoms with van der Waals surface area (Å²) in [7, 11) is 0. The van der Waals surface area contributed by atoms with Gasteiger partial charge < -0.3 is 0 Å². The van der Waals surface area contributed by atoms with Crippen LogP contribution in [0.2, 0.25) is 0 Å². The third kappa shape index (κ3) is 5.87. The van der Waals surface area contributed by atoms with Crippen LogP contribution in [-0.4, -0.2) is 3.81 Å². The molecule has 11 heavy (non-hydrogen) atoms. The predicted molar refractivity (Wildman–Crippen MR) is 52.7 cm³/mol. The van der Waals surface area contributed by atoms with Crippen molar-refractivity contribution in [3.63, 3.8) is 0 Å². The standard InChI is InChI=1S/C5H5.C3H6.2ClH.Ti/c1-2-4-5-3-1;1-3-2;;;/h1-3H,4H2;1-2H3;2*1H;. The van der Waals surface area contributed by atoms with Gasteiger partial charge in [-0.1, -0.05) is 0 Å². The summed E-state index contributed by atoms with van der Waals surface area (Å²) in [6.07, 6.45) is 7.90. The molecule has 0 saturated heterocycles. The molecule has 0 amide bonds. The Balaban J connectivity index is 0. The van der Waals surface area contributed by atoms with E-state index in [1.54, 1.807) is 7.69 Å². The number of hydrogen-bond donors (Lipinski definition) is 0. The Morgan fingerprint density at radius 2 is 2.00 bits per heavy atom. The molecular weight excluding hydrogens is 215 g/mol.